The Morgan fingerprint density at radius 1 is 1.40 bits per heavy atom. The van der Waals surface area contributed by atoms with Gasteiger partial charge in [-0.05, 0) is 47.0 Å². The molecule has 2 aromatic rings. The van der Waals surface area contributed by atoms with E-state index in [0.717, 1.165) is 22.3 Å². The van der Waals surface area contributed by atoms with E-state index in [2.05, 4.69) is 39.2 Å². The van der Waals surface area contributed by atoms with Gasteiger partial charge >= 0.3 is 0 Å². The van der Waals surface area contributed by atoms with Crippen LogP contribution in [0.15, 0.2) is 41.0 Å². The van der Waals surface area contributed by atoms with Crippen LogP contribution >= 0.6 is 27.5 Å². The first-order chi connectivity index (χ1) is 9.60. The van der Waals surface area contributed by atoms with E-state index in [1.165, 1.54) is 5.56 Å². The second-order valence-corrected chi connectivity index (χ2v) is 5.77. The highest BCUT2D eigenvalue weighted by Gasteiger charge is 2.09. The third-order valence-electron chi connectivity index (χ3n) is 2.93. The zero-order valence-electron chi connectivity index (χ0n) is 11.4. The van der Waals surface area contributed by atoms with E-state index in [0.29, 0.717) is 5.15 Å². The lowest BCUT2D eigenvalue weighted by Crippen LogP contribution is -2.18. The van der Waals surface area contributed by atoms with Crippen molar-refractivity contribution in [1.82, 2.24) is 4.98 Å². The van der Waals surface area contributed by atoms with Crippen LogP contribution in [0.1, 0.15) is 12.5 Å². The molecule has 0 spiro atoms. The number of nitrogens with one attached hydrogen (secondary N) is 1. The fraction of sp³-hybridized carbons (Fsp3) is 0.267. The number of anilines is 1. The lowest BCUT2D eigenvalue weighted by Gasteiger charge is -2.17. The van der Waals surface area contributed by atoms with Crippen LogP contribution in [-0.4, -0.2) is 18.1 Å². The van der Waals surface area contributed by atoms with Crippen LogP contribution in [0.3, 0.4) is 0 Å². The Labute approximate surface area is 132 Å². The van der Waals surface area contributed by atoms with E-state index in [4.69, 9.17) is 16.3 Å². The van der Waals surface area contributed by atoms with Crippen molar-refractivity contribution in [2.75, 3.05) is 12.4 Å². The number of rotatable bonds is 5. The van der Waals surface area contributed by atoms with Gasteiger partial charge in [0.1, 0.15) is 10.9 Å². The average molecular weight is 356 g/mol. The molecule has 0 saturated heterocycles. The molecule has 106 valence electrons. The number of halogens is 2. The molecule has 0 aliphatic rings. The molecule has 0 radical (unpaired) electrons. The zero-order valence-corrected chi connectivity index (χ0v) is 13.7. The van der Waals surface area contributed by atoms with E-state index in [1.807, 2.05) is 24.3 Å². The highest BCUT2D eigenvalue weighted by molar-refractivity contribution is 9.10. The van der Waals surface area contributed by atoms with Crippen LogP contribution in [0.2, 0.25) is 5.15 Å². The molecule has 2 rings (SSSR count). The molecule has 0 bridgehead atoms. The van der Waals surface area contributed by atoms with Crippen molar-refractivity contribution in [2.24, 2.45) is 0 Å². The molecular formula is C15H16BrClN2O. The van der Waals surface area contributed by atoms with E-state index in [-0.39, 0.29) is 6.04 Å². The topological polar surface area (TPSA) is 34.1 Å². The Balaban J connectivity index is 2.05. The Kier molecular flexibility index (Phi) is 5.26. The number of methoxy groups -OCH3 is 1. The van der Waals surface area contributed by atoms with E-state index in [1.54, 1.807) is 13.3 Å². The molecule has 0 fully saturated rings. The predicted molar refractivity (Wildman–Crippen MR) is 86.7 cm³/mol. The van der Waals surface area contributed by atoms with Crippen molar-refractivity contribution in [3.8, 4) is 5.75 Å². The fourth-order valence-electron chi connectivity index (χ4n) is 2.04. The van der Waals surface area contributed by atoms with Crippen molar-refractivity contribution in [1.29, 1.82) is 0 Å². The van der Waals surface area contributed by atoms with Crippen LogP contribution in [0, 0.1) is 0 Å². The number of hydrogen-bond donors (Lipinski definition) is 1. The molecule has 1 atom stereocenters. The van der Waals surface area contributed by atoms with Gasteiger partial charge in [0.25, 0.3) is 0 Å². The van der Waals surface area contributed by atoms with Crippen LogP contribution in [0.25, 0.3) is 0 Å². The third kappa shape index (κ3) is 3.87. The summed E-state index contributed by atoms with van der Waals surface area (Å²) in [6, 6.07) is 10.2. The SMILES string of the molecule is COc1ccccc1CC(C)Nc1cnc(Cl)c(Br)c1. The van der Waals surface area contributed by atoms with Gasteiger partial charge in [-0.3, -0.25) is 0 Å². The van der Waals surface area contributed by atoms with Gasteiger partial charge < -0.3 is 10.1 Å². The Bertz CT molecular complexity index is 592. The molecule has 1 unspecified atom stereocenters. The summed E-state index contributed by atoms with van der Waals surface area (Å²) in [5.74, 6) is 0.913. The highest BCUT2D eigenvalue weighted by atomic mass is 79.9. The van der Waals surface area contributed by atoms with Gasteiger partial charge in [0.2, 0.25) is 0 Å². The number of para-hydroxylation sites is 1. The summed E-state index contributed by atoms with van der Waals surface area (Å²) in [6.07, 6.45) is 2.59. The molecule has 1 aromatic carbocycles. The summed E-state index contributed by atoms with van der Waals surface area (Å²) in [6.45, 7) is 2.12. The van der Waals surface area contributed by atoms with Crippen LogP contribution < -0.4 is 10.1 Å². The number of hydrogen-bond acceptors (Lipinski definition) is 3. The standard InChI is InChI=1S/C15H16BrClN2O/c1-10(7-11-5-3-4-6-14(11)20-2)19-12-8-13(16)15(17)18-9-12/h3-6,8-10,19H,7H2,1-2H3. The number of benzene rings is 1. The maximum absolute atomic E-state index is 5.88. The molecule has 5 heteroatoms. The van der Waals surface area contributed by atoms with Crippen LogP contribution in [0.4, 0.5) is 5.69 Å². The van der Waals surface area contributed by atoms with Gasteiger partial charge in [0.15, 0.2) is 0 Å². The Morgan fingerprint density at radius 3 is 2.85 bits per heavy atom. The van der Waals surface area contributed by atoms with Gasteiger partial charge in [-0.15, -0.1) is 0 Å². The first-order valence-electron chi connectivity index (χ1n) is 6.29. The van der Waals surface area contributed by atoms with Gasteiger partial charge in [-0.1, -0.05) is 29.8 Å². The monoisotopic (exact) mass is 354 g/mol. The number of aromatic nitrogens is 1. The van der Waals surface area contributed by atoms with Gasteiger partial charge in [-0.2, -0.15) is 0 Å². The second-order valence-electron chi connectivity index (χ2n) is 4.56. The smallest absolute Gasteiger partial charge is 0.143 e. The summed E-state index contributed by atoms with van der Waals surface area (Å²) in [4.78, 5) is 4.10. The van der Waals surface area contributed by atoms with E-state index in [9.17, 15) is 0 Å². The molecule has 0 aliphatic carbocycles. The molecule has 3 nitrogen and oxygen atoms in total. The minimum absolute atomic E-state index is 0.251. The maximum Gasteiger partial charge on any atom is 0.143 e. The third-order valence-corrected chi connectivity index (χ3v) is 4.06. The molecule has 1 aromatic heterocycles. The highest BCUT2D eigenvalue weighted by Crippen LogP contribution is 2.24. The molecule has 1 heterocycles. The molecule has 0 aliphatic heterocycles. The normalized spacial score (nSPS) is 12.0. The first kappa shape index (κ1) is 15.1. The predicted octanol–water partition coefficient (Wildman–Crippen LogP) is 4.55. The summed E-state index contributed by atoms with van der Waals surface area (Å²) < 4.78 is 6.15. The van der Waals surface area contributed by atoms with Crippen molar-refractivity contribution in [2.45, 2.75) is 19.4 Å². The van der Waals surface area contributed by atoms with Crippen molar-refractivity contribution in [3.63, 3.8) is 0 Å². The lowest BCUT2D eigenvalue weighted by molar-refractivity contribution is 0.409. The number of pyridine rings is 1. The number of nitrogens with zero attached hydrogens (tertiary/aromatic N) is 1. The summed E-state index contributed by atoms with van der Waals surface area (Å²) in [7, 11) is 1.69. The molecule has 0 amide bonds. The van der Waals surface area contributed by atoms with E-state index >= 15 is 0 Å². The van der Waals surface area contributed by atoms with Crippen LogP contribution in [-0.2, 0) is 6.42 Å². The first-order valence-corrected chi connectivity index (χ1v) is 7.46. The van der Waals surface area contributed by atoms with Crippen molar-refractivity contribution >= 4 is 33.2 Å². The zero-order chi connectivity index (χ0) is 14.5. The second kappa shape index (κ2) is 6.95. The minimum Gasteiger partial charge on any atom is -0.496 e. The average Bonchev–Trinajstić information content (AvgIpc) is 2.43. The molecule has 0 saturated carbocycles. The van der Waals surface area contributed by atoms with Crippen LogP contribution in [0.5, 0.6) is 5.75 Å². The maximum atomic E-state index is 5.88. The summed E-state index contributed by atoms with van der Waals surface area (Å²) in [5.41, 5.74) is 2.11. The lowest BCUT2D eigenvalue weighted by atomic mass is 10.1. The fourth-order valence-corrected chi connectivity index (χ4v) is 2.49. The molecule has 20 heavy (non-hydrogen) atoms. The largest absolute Gasteiger partial charge is 0.496 e. The van der Waals surface area contributed by atoms with Crippen molar-refractivity contribution < 1.29 is 4.74 Å². The quantitative estimate of drug-likeness (QED) is 0.799. The van der Waals surface area contributed by atoms with E-state index < -0.39 is 0 Å². The summed E-state index contributed by atoms with van der Waals surface area (Å²) in [5, 5.41) is 3.87. The van der Waals surface area contributed by atoms with Gasteiger partial charge in [-0.25, -0.2) is 4.98 Å². The number of ether oxygens (including phenoxy) is 1. The Morgan fingerprint density at radius 2 is 2.15 bits per heavy atom. The van der Waals surface area contributed by atoms with Crippen molar-refractivity contribution in [3.05, 3.63) is 51.7 Å². The van der Waals surface area contributed by atoms with Gasteiger partial charge in [0, 0.05) is 6.04 Å². The van der Waals surface area contributed by atoms with Gasteiger partial charge in [0.05, 0.1) is 23.5 Å². The molecular weight excluding hydrogens is 340 g/mol. The Hall–Kier alpha value is -1.26. The summed E-state index contributed by atoms with van der Waals surface area (Å²) >= 11 is 9.26. The minimum atomic E-state index is 0.251. The molecule has 1 N–H and O–H groups in total.